The van der Waals surface area contributed by atoms with Crippen LogP contribution in [-0.2, 0) is 33.9 Å². The van der Waals surface area contributed by atoms with Crippen LogP contribution in [0, 0.1) is 17.3 Å². The average molecular weight is 762 g/mol. The quantitative estimate of drug-likeness (QED) is 0.235. The van der Waals surface area contributed by atoms with Gasteiger partial charge in [-0.15, -0.1) is 6.58 Å². The first kappa shape index (κ1) is 39.2. The molecule has 2 aliphatic carbocycles. The first-order valence-corrected chi connectivity index (χ1v) is 19.1. The van der Waals surface area contributed by atoms with E-state index in [0.29, 0.717) is 29.6 Å². The van der Waals surface area contributed by atoms with Crippen molar-refractivity contribution in [1.29, 1.82) is 0 Å². The normalized spacial score (nSPS) is 24.4. The predicted octanol–water partition coefficient (Wildman–Crippen LogP) is 4.09. The van der Waals surface area contributed by atoms with Gasteiger partial charge in [0.25, 0.3) is 11.8 Å². The van der Waals surface area contributed by atoms with Crippen LogP contribution in [0.3, 0.4) is 0 Å². The predicted molar refractivity (Wildman–Crippen MR) is 193 cm³/mol. The molecule has 1 aromatic heterocycles. The Morgan fingerprint density at radius 1 is 1.12 bits per heavy atom. The van der Waals surface area contributed by atoms with Crippen molar-refractivity contribution < 1.29 is 41.8 Å². The number of ether oxygens (including phenoxy) is 3. The number of esters is 1. The van der Waals surface area contributed by atoms with Gasteiger partial charge in [-0.3, -0.25) is 23.9 Å². The highest BCUT2D eigenvalue weighted by Gasteiger charge is 2.63. The van der Waals surface area contributed by atoms with Crippen LogP contribution in [0.15, 0.2) is 30.9 Å². The molecule has 2 aromatic rings. The zero-order chi connectivity index (χ0) is 38.6. The maximum Gasteiger partial charge on any atom is 0.307 e. The highest BCUT2D eigenvalue weighted by atomic mass is 35.5. The molecular weight excluding hydrogens is 714 g/mol. The van der Waals surface area contributed by atoms with Gasteiger partial charge in [-0.1, -0.05) is 38.4 Å². The Kier molecular flexibility index (Phi) is 10.4. The Labute approximate surface area is 309 Å². The van der Waals surface area contributed by atoms with Gasteiger partial charge in [-0.05, 0) is 64.5 Å². The number of aromatic nitrogens is 2. The molecule has 3 amide bonds. The molecule has 1 aliphatic heterocycles. The number of hydrogen-bond acceptors (Lipinski definition) is 11. The summed E-state index contributed by atoms with van der Waals surface area (Å²) in [7, 11) is -2.49. The van der Waals surface area contributed by atoms with Crippen LogP contribution in [0.1, 0.15) is 80.6 Å². The summed E-state index contributed by atoms with van der Waals surface area (Å²) in [4.78, 5) is 65.6. The van der Waals surface area contributed by atoms with Gasteiger partial charge < -0.3 is 24.4 Å². The number of hydrogen-bond donors (Lipinski definition) is 2. The smallest absolute Gasteiger partial charge is 0.307 e. The number of likely N-dealkylation sites (tertiary alicyclic amines) is 1. The van der Waals surface area contributed by atoms with Crippen molar-refractivity contribution in [2.75, 3.05) is 13.7 Å². The Morgan fingerprint density at radius 3 is 2.35 bits per heavy atom. The molecule has 1 aromatic carbocycles. The number of nitrogens with one attached hydrogen (secondary N) is 2. The van der Waals surface area contributed by atoms with Crippen molar-refractivity contribution in [2.45, 2.75) is 109 Å². The fraction of sp³-hybridized carbons (Fsp3) is 0.611. The maximum atomic E-state index is 14.5. The van der Waals surface area contributed by atoms with Crippen LogP contribution in [-0.4, -0.2) is 88.7 Å². The lowest BCUT2D eigenvalue weighted by molar-refractivity contribution is -0.161. The number of rotatable bonds is 12. The first-order valence-electron chi connectivity index (χ1n) is 17.2. The summed E-state index contributed by atoms with van der Waals surface area (Å²) >= 11 is 6.48. The van der Waals surface area contributed by atoms with Gasteiger partial charge in [0.1, 0.15) is 29.0 Å². The molecule has 0 unspecified atom stereocenters. The summed E-state index contributed by atoms with van der Waals surface area (Å²) < 4.78 is 44.2. The van der Waals surface area contributed by atoms with Gasteiger partial charge in [0.05, 0.1) is 41.8 Å². The van der Waals surface area contributed by atoms with Crippen LogP contribution in [0.5, 0.6) is 11.6 Å². The second-order valence-corrected chi connectivity index (χ2v) is 18.8. The van der Waals surface area contributed by atoms with E-state index in [9.17, 15) is 27.6 Å². The molecule has 284 valence electrons. The summed E-state index contributed by atoms with van der Waals surface area (Å²) in [6.07, 6.45) is 1.33. The minimum absolute atomic E-state index is 0.0226. The second-order valence-electron chi connectivity index (χ2n) is 16.3. The SMILES string of the molecule is C=C[C@@H]1C[C@]1(NC(=O)[C@@H]1C[C@@H](Oc2nc3cc(OC)ccc3nc2Cl)CN1C(=O)[C@@H](CC(=O)OC(C)(C)C)C(C)(C)C)C(=O)NS(=O)(=O)C1(C)CC1. The Balaban J connectivity index is 1.45. The Morgan fingerprint density at radius 2 is 1.79 bits per heavy atom. The minimum Gasteiger partial charge on any atom is -0.497 e. The van der Waals surface area contributed by atoms with Crippen LogP contribution >= 0.6 is 11.6 Å². The molecule has 2 heterocycles. The van der Waals surface area contributed by atoms with Gasteiger partial charge in [0, 0.05) is 18.4 Å². The summed E-state index contributed by atoms with van der Waals surface area (Å²) in [5, 5.41) is 2.74. The lowest BCUT2D eigenvalue weighted by atomic mass is 9.77. The number of amides is 3. The number of methoxy groups -OCH3 is 1. The fourth-order valence-electron chi connectivity index (χ4n) is 6.36. The van der Waals surface area contributed by atoms with Crippen molar-refractivity contribution in [3.63, 3.8) is 0 Å². The maximum absolute atomic E-state index is 14.5. The molecule has 2 saturated carbocycles. The van der Waals surface area contributed by atoms with E-state index in [4.69, 9.17) is 25.8 Å². The van der Waals surface area contributed by atoms with E-state index in [1.807, 2.05) is 20.8 Å². The largest absolute Gasteiger partial charge is 0.497 e. The highest BCUT2D eigenvalue weighted by molar-refractivity contribution is 7.91. The zero-order valence-corrected chi connectivity index (χ0v) is 32.4. The minimum atomic E-state index is -4.01. The van der Waals surface area contributed by atoms with Crippen LogP contribution < -0.4 is 19.5 Å². The number of halogens is 1. The first-order chi connectivity index (χ1) is 24.0. The molecule has 52 heavy (non-hydrogen) atoms. The molecule has 5 rings (SSSR count). The molecule has 3 aliphatic rings. The molecule has 0 spiro atoms. The number of carbonyl (C=O) groups is 4. The zero-order valence-electron chi connectivity index (χ0n) is 30.9. The van der Waals surface area contributed by atoms with Crippen molar-refractivity contribution in [3.8, 4) is 11.6 Å². The van der Waals surface area contributed by atoms with E-state index < -0.39 is 79.0 Å². The van der Waals surface area contributed by atoms with Gasteiger partial charge in [0.15, 0.2) is 5.15 Å². The lowest BCUT2D eigenvalue weighted by Crippen LogP contribution is -2.57. The van der Waals surface area contributed by atoms with Crippen LogP contribution in [0.25, 0.3) is 11.0 Å². The van der Waals surface area contributed by atoms with E-state index in [-0.39, 0.29) is 36.8 Å². The molecule has 5 atom stereocenters. The van der Waals surface area contributed by atoms with E-state index in [2.05, 4.69) is 26.6 Å². The number of benzene rings is 1. The molecular formula is C36H48ClN5O9S. The fourth-order valence-corrected chi connectivity index (χ4v) is 7.85. The topological polar surface area (TPSA) is 183 Å². The third-order valence-electron chi connectivity index (χ3n) is 9.94. The standard InChI is InChI=1S/C36H48ClN5O9S/c1-10-20-18-36(20,32(46)41-52(47,48)35(8)13-14-35)40-29(44)26-16-22(50-30-28(37)38-24-12-11-21(49-9)15-25(24)39-30)19-42(26)31(45)23(33(2,3)4)17-27(43)51-34(5,6)7/h10-12,15,20,22-23,26H,1,13-14,16-19H2,2-9H3,(H,40,44)(H,41,46)/t20-,22-,23-,26+,36-/m1/s1. The number of carbonyl (C=O) groups excluding carboxylic acids is 4. The summed E-state index contributed by atoms with van der Waals surface area (Å²) in [5.74, 6) is -3.57. The summed E-state index contributed by atoms with van der Waals surface area (Å²) in [5.41, 5.74) is -2.17. The van der Waals surface area contributed by atoms with Crippen LogP contribution in [0.2, 0.25) is 5.15 Å². The number of nitrogens with zero attached hydrogens (tertiary/aromatic N) is 3. The molecule has 3 fully saturated rings. The van der Waals surface area contributed by atoms with Crippen molar-refractivity contribution >= 4 is 56.3 Å². The summed E-state index contributed by atoms with van der Waals surface area (Å²) in [6.45, 7) is 15.9. The van der Waals surface area contributed by atoms with E-state index in [0.717, 1.165) is 0 Å². The van der Waals surface area contributed by atoms with Gasteiger partial charge >= 0.3 is 5.97 Å². The molecule has 1 saturated heterocycles. The van der Waals surface area contributed by atoms with Gasteiger partial charge in [-0.25, -0.2) is 18.4 Å². The average Bonchev–Trinajstić information content (AvgIpc) is 3.92. The number of sulfonamides is 1. The van der Waals surface area contributed by atoms with Crippen LogP contribution in [0.4, 0.5) is 0 Å². The molecule has 16 heteroatoms. The molecule has 0 bridgehead atoms. The third-order valence-corrected chi connectivity index (χ3v) is 12.3. The van der Waals surface area contributed by atoms with Gasteiger partial charge in [0.2, 0.25) is 21.8 Å². The lowest BCUT2D eigenvalue weighted by Gasteiger charge is -2.35. The second kappa shape index (κ2) is 13.8. The molecule has 2 N–H and O–H groups in total. The van der Waals surface area contributed by atoms with Crippen molar-refractivity contribution in [2.24, 2.45) is 17.3 Å². The molecule has 0 radical (unpaired) electrons. The Bertz CT molecular complexity index is 1900. The van der Waals surface area contributed by atoms with Crippen molar-refractivity contribution in [1.82, 2.24) is 24.9 Å². The number of fused-ring (bicyclic) bond motifs is 1. The third kappa shape index (κ3) is 8.14. The highest BCUT2D eigenvalue weighted by Crippen LogP contribution is 2.47. The molecule has 14 nitrogen and oxygen atoms in total. The van der Waals surface area contributed by atoms with E-state index in [1.165, 1.54) is 18.1 Å². The summed E-state index contributed by atoms with van der Waals surface area (Å²) in [6, 6.07) is 3.89. The van der Waals surface area contributed by atoms with E-state index in [1.54, 1.807) is 45.9 Å². The Hall–Kier alpha value is -3.98. The van der Waals surface area contributed by atoms with E-state index >= 15 is 0 Å². The monoisotopic (exact) mass is 761 g/mol. The van der Waals surface area contributed by atoms with Crippen molar-refractivity contribution in [3.05, 3.63) is 36.0 Å². The van der Waals surface area contributed by atoms with Gasteiger partial charge in [-0.2, -0.15) is 0 Å².